The molecule has 3 heterocycles. The molecule has 0 aromatic carbocycles. The first-order valence-corrected chi connectivity index (χ1v) is 9.72. The standard InChI is InChI=1S/C20H28N4O3/c1-4-7-18-21-13-15(17-12-14(2)23-27-17)20(22-18)16-8-5-6-10-24(16)19(25)9-11-26-3/h12-13,16H,4-11H2,1-3H3/t16-/m1/s1. The van der Waals surface area contributed by atoms with Crippen molar-refractivity contribution in [1.82, 2.24) is 20.0 Å². The predicted octanol–water partition coefficient (Wildman–Crippen LogP) is 3.48. The van der Waals surface area contributed by atoms with Gasteiger partial charge >= 0.3 is 0 Å². The molecule has 0 spiro atoms. The van der Waals surface area contributed by atoms with Crippen molar-refractivity contribution in [2.75, 3.05) is 20.3 Å². The average Bonchev–Trinajstić information content (AvgIpc) is 3.12. The number of amides is 1. The maximum absolute atomic E-state index is 12.8. The number of methoxy groups -OCH3 is 1. The molecule has 0 saturated carbocycles. The van der Waals surface area contributed by atoms with Crippen molar-refractivity contribution in [3.63, 3.8) is 0 Å². The number of rotatable bonds is 7. The van der Waals surface area contributed by atoms with Crippen LogP contribution in [0, 0.1) is 6.92 Å². The Kier molecular flexibility index (Phi) is 6.55. The lowest BCUT2D eigenvalue weighted by atomic mass is 9.95. The van der Waals surface area contributed by atoms with Crippen LogP contribution in [0.15, 0.2) is 16.8 Å². The van der Waals surface area contributed by atoms with E-state index in [1.165, 1.54) is 0 Å². The lowest BCUT2D eigenvalue weighted by Gasteiger charge is -2.36. The number of carbonyl (C=O) groups excluding carboxylic acids is 1. The van der Waals surface area contributed by atoms with Crippen LogP contribution in [0.2, 0.25) is 0 Å². The predicted molar refractivity (Wildman–Crippen MR) is 101 cm³/mol. The first kappa shape index (κ1) is 19.5. The zero-order valence-electron chi connectivity index (χ0n) is 16.4. The summed E-state index contributed by atoms with van der Waals surface area (Å²) in [6.07, 6.45) is 6.96. The van der Waals surface area contributed by atoms with E-state index in [1.807, 2.05) is 24.1 Å². The van der Waals surface area contributed by atoms with Crippen LogP contribution in [0.25, 0.3) is 11.3 Å². The molecule has 2 aromatic heterocycles. The Hall–Kier alpha value is -2.28. The maximum atomic E-state index is 12.8. The van der Waals surface area contributed by atoms with Gasteiger partial charge in [0.05, 0.1) is 36.0 Å². The first-order valence-electron chi connectivity index (χ1n) is 9.72. The van der Waals surface area contributed by atoms with Gasteiger partial charge < -0.3 is 14.2 Å². The number of aromatic nitrogens is 3. The summed E-state index contributed by atoms with van der Waals surface area (Å²) in [5, 5.41) is 4.01. The molecular formula is C20H28N4O3. The fourth-order valence-electron chi connectivity index (χ4n) is 3.56. The Labute approximate surface area is 160 Å². The van der Waals surface area contributed by atoms with E-state index in [1.54, 1.807) is 7.11 Å². The van der Waals surface area contributed by atoms with Crippen molar-refractivity contribution >= 4 is 5.91 Å². The Morgan fingerprint density at radius 1 is 1.41 bits per heavy atom. The number of hydrogen-bond acceptors (Lipinski definition) is 6. The van der Waals surface area contributed by atoms with Crippen LogP contribution in [0.1, 0.15) is 62.3 Å². The maximum Gasteiger partial charge on any atom is 0.225 e. The number of hydrogen-bond donors (Lipinski definition) is 0. The monoisotopic (exact) mass is 372 g/mol. The van der Waals surface area contributed by atoms with E-state index in [0.29, 0.717) is 18.8 Å². The van der Waals surface area contributed by atoms with Gasteiger partial charge in [-0.15, -0.1) is 0 Å². The van der Waals surface area contributed by atoms with Crippen molar-refractivity contribution in [3.8, 4) is 11.3 Å². The molecule has 1 aliphatic heterocycles. The third kappa shape index (κ3) is 4.53. The van der Waals surface area contributed by atoms with Gasteiger partial charge in [-0.1, -0.05) is 12.1 Å². The van der Waals surface area contributed by atoms with Crippen molar-refractivity contribution in [2.45, 2.75) is 58.4 Å². The molecule has 0 unspecified atom stereocenters. The minimum Gasteiger partial charge on any atom is -0.384 e. The summed E-state index contributed by atoms with van der Waals surface area (Å²) in [7, 11) is 1.62. The molecule has 0 bridgehead atoms. The molecule has 1 saturated heterocycles. The molecular weight excluding hydrogens is 344 g/mol. The van der Waals surface area contributed by atoms with Crippen LogP contribution < -0.4 is 0 Å². The minimum absolute atomic E-state index is 0.0675. The number of carbonyl (C=O) groups is 1. The van der Waals surface area contributed by atoms with Crippen LogP contribution >= 0.6 is 0 Å². The molecule has 1 amide bonds. The second-order valence-corrected chi connectivity index (χ2v) is 7.01. The van der Waals surface area contributed by atoms with Gasteiger partial charge in [0.2, 0.25) is 5.91 Å². The lowest BCUT2D eigenvalue weighted by Crippen LogP contribution is -2.39. The van der Waals surface area contributed by atoms with Gasteiger partial charge in [0.1, 0.15) is 5.82 Å². The average molecular weight is 372 g/mol. The Bertz CT molecular complexity index is 774. The molecule has 1 fully saturated rings. The van der Waals surface area contributed by atoms with Gasteiger partial charge in [0.15, 0.2) is 5.76 Å². The SMILES string of the molecule is CCCc1ncc(-c2cc(C)no2)c([C@H]2CCCCN2C(=O)CCOC)n1. The van der Waals surface area contributed by atoms with Crippen molar-refractivity contribution in [3.05, 3.63) is 29.5 Å². The second-order valence-electron chi connectivity index (χ2n) is 7.01. The zero-order valence-corrected chi connectivity index (χ0v) is 16.4. The van der Waals surface area contributed by atoms with E-state index in [-0.39, 0.29) is 11.9 Å². The van der Waals surface area contributed by atoms with E-state index in [0.717, 1.165) is 61.4 Å². The second kappa shape index (κ2) is 9.08. The van der Waals surface area contributed by atoms with Gasteiger partial charge in [-0.3, -0.25) is 4.79 Å². The highest BCUT2D eigenvalue weighted by molar-refractivity contribution is 5.77. The highest BCUT2D eigenvalue weighted by Gasteiger charge is 2.31. The molecule has 1 aliphatic rings. The third-order valence-corrected chi connectivity index (χ3v) is 4.89. The number of nitrogens with zero attached hydrogens (tertiary/aromatic N) is 4. The molecule has 27 heavy (non-hydrogen) atoms. The van der Waals surface area contributed by atoms with E-state index in [2.05, 4.69) is 17.1 Å². The van der Waals surface area contributed by atoms with Gasteiger partial charge in [0.25, 0.3) is 0 Å². The molecule has 0 aliphatic carbocycles. The molecule has 0 radical (unpaired) electrons. The molecule has 7 nitrogen and oxygen atoms in total. The normalized spacial score (nSPS) is 17.3. The van der Waals surface area contributed by atoms with Gasteiger partial charge in [-0.25, -0.2) is 9.97 Å². The molecule has 3 rings (SSSR count). The van der Waals surface area contributed by atoms with E-state index in [4.69, 9.17) is 14.2 Å². The number of ether oxygens (including phenoxy) is 1. The van der Waals surface area contributed by atoms with E-state index < -0.39 is 0 Å². The van der Waals surface area contributed by atoms with Crippen LogP contribution in [0.5, 0.6) is 0 Å². The molecule has 0 N–H and O–H groups in total. The molecule has 2 aromatic rings. The summed E-state index contributed by atoms with van der Waals surface area (Å²) in [6, 6.07) is 1.82. The zero-order chi connectivity index (χ0) is 19.2. The summed E-state index contributed by atoms with van der Waals surface area (Å²) in [5.41, 5.74) is 2.51. The summed E-state index contributed by atoms with van der Waals surface area (Å²) < 4.78 is 10.6. The lowest BCUT2D eigenvalue weighted by molar-refractivity contribution is -0.136. The van der Waals surface area contributed by atoms with Crippen LogP contribution in [-0.4, -0.2) is 46.2 Å². The summed E-state index contributed by atoms with van der Waals surface area (Å²) in [4.78, 5) is 24.1. The van der Waals surface area contributed by atoms with Crippen molar-refractivity contribution < 1.29 is 14.1 Å². The van der Waals surface area contributed by atoms with Crippen LogP contribution in [0.4, 0.5) is 0 Å². The fourth-order valence-corrected chi connectivity index (χ4v) is 3.56. The third-order valence-electron chi connectivity index (χ3n) is 4.89. The highest BCUT2D eigenvalue weighted by atomic mass is 16.5. The summed E-state index contributed by atoms with van der Waals surface area (Å²) >= 11 is 0. The largest absolute Gasteiger partial charge is 0.384 e. The van der Waals surface area contributed by atoms with E-state index in [9.17, 15) is 4.79 Å². The Morgan fingerprint density at radius 2 is 2.26 bits per heavy atom. The first-order chi connectivity index (χ1) is 13.1. The molecule has 7 heteroatoms. The number of piperidine rings is 1. The van der Waals surface area contributed by atoms with Gasteiger partial charge in [-0.05, 0) is 32.6 Å². The van der Waals surface area contributed by atoms with Gasteiger partial charge in [-0.2, -0.15) is 0 Å². The quantitative estimate of drug-likeness (QED) is 0.740. The van der Waals surface area contributed by atoms with Crippen molar-refractivity contribution in [2.24, 2.45) is 0 Å². The van der Waals surface area contributed by atoms with Crippen molar-refractivity contribution in [1.29, 1.82) is 0 Å². The topological polar surface area (TPSA) is 81.4 Å². The Balaban J connectivity index is 2.00. The minimum atomic E-state index is -0.0675. The highest BCUT2D eigenvalue weighted by Crippen LogP contribution is 2.36. The molecule has 1 atom stereocenters. The summed E-state index contributed by atoms with van der Waals surface area (Å²) in [5.74, 6) is 1.57. The van der Waals surface area contributed by atoms with Crippen LogP contribution in [0.3, 0.4) is 0 Å². The van der Waals surface area contributed by atoms with Crippen LogP contribution in [-0.2, 0) is 16.0 Å². The summed E-state index contributed by atoms with van der Waals surface area (Å²) in [6.45, 7) is 5.17. The van der Waals surface area contributed by atoms with E-state index >= 15 is 0 Å². The smallest absolute Gasteiger partial charge is 0.225 e. The number of likely N-dealkylation sites (tertiary alicyclic amines) is 1. The van der Waals surface area contributed by atoms with Gasteiger partial charge in [0, 0.05) is 32.3 Å². The molecule has 146 valence electrons. The number of aryl methyl sites for hydroxylation is 2. The Morgan fingerprint density at radius 3 is 2.96 bits per heavy atom. The fraction of sp³-hybridized carbons (Fsp3) is 0.600.